The number of piperidine rings is 1. The highest BCUT2D eigenvalue weighted by atomic mass is 16.6. The van der Waals surface area contributed by atoms with Gasteiger partial charge in [-0.3, -0.25) is 19.1 Å². The Labute approximate surface area is 167 Å². The molecule has 2 aliphatic rings. The third kappa shape index (κ3) is 3.64. The van der Waals surface area contributed by atoms with E-state index in [2.05, 4.69) is 20.3 Å². The van der Waals surface area contributed by atoms with Crippen LogP contribution in [0.25, 0.3) is 11.2 Å². The van der Waals surface area contributed by atoms with Crippen molar-refractivity contribution in [2.45, 2.75) is 51.8 Å². The molecule has 0 aliphatic carbocycles. The average molecular weight is 403 g/mol. The maximum Gasteiger partial charge on any atom is 0.407 e. The van der Waals surface area contributed by atoms with Gasteiger partial charge in [0.05, 0.1) is 0 Å². The first-order chi connectivity index (χ1) is 13.6. The van der Waals surface area contributed by atoms with E-state index in [-0.39, 0.29) is 35.2 Å². The first-order valence-corrected chi connectivity index (χ1v) is 9.64. The third-order valence-corrected chi connectivity index (χ3v) is 4.99. The summed E-state index contributed by atoms with van der Waals surface area (Å²) in [5.74, 6) is 0.641. The van der Waals surface area contributed by atoms with Crippen LogP contribution in [0.4, 0.5) is 16.7 Å². The van der Waals surface area contributed by atoms with Crippen LogP contribution >= 0.6 is 0 Å². The van der Waals surface area contributed by atoms with Crippen molar-refractivity contribution in [3.8, 4) is 0 Å². The lowest BCUT2D eigenvalue weighted by Crippen LogP contribution is -2.49. The van der Waals surface area contributed by atoms with Crippen LogP contribution in [0.2, 0.25) is 0 Å². The minimum atomic E-state index is -0.556. The zero-order valence-corrected chi connectivity index (χ0v) is 17.0. The quantitative estimate of drug-likeness (QED) is 0.752. The summed E-state index contributed by atoms with van der Waals surface area (Å²) >= 11 is 0. The fourth-order valence-corrected chi connectivity index (χ4v) is 3.63. The molecule has 0 aromatic carbocycles. The van der Waals surface area contributed by atoms with Crippen molar-refractivity contribution in [1.82, 2.24) is 24.8 Å². The normalized spacial score (nSPS) is 19.6. The number of imidazole rings is 1. The highest BCUT2D eigenvalue weighted by Gasteiger charge is 2.30. The van der Waals surface area contributed by atoms with E-state index in [0.717, 1.165) is 19.4 Å². The van der Waals surface area contributed by atoms with Gasteiger partial charge in [0.25, 0.3) is 5.56 Å². The van der Waals surface area contributed by atoms with Crippen LogP contribution in [0.1, 0.15) is 33.6 Å². The van der Waals surface area contributed by atoms with Crippen LogP contribution in [-0.2, 0) is 16.1 Å². The van der Waals surface area contributed by atoms with Crippen molar-refractivity contribution in [2.75, 3.05) is 29.9 Å². The Morgan fingerprint density at radius 2 is 2.03 bits per heavy atom. The van der Waals surface area contributed by atoms with Crippen LogP contribution in [-0.4, -0.2) is 63.3 Å². The second-order valence-electron chi connectivity index (χ2n) is 8.45. The molecule has 2 amide bonds. The van der Waals surface area contributed by atoms with Crippen LogP contribution < -0.4 is 20.7 Å². The van der Waals surface area contributed by atoms with Gasteiger partial charge in [-0.25, -0.2) is 4.79 Å². The van der Waals surface area contributed by atoms with Crippen molar-refractivity contribution in [1.29, 1.82) is 0 Å². The molecule has 0 unspecified atom stereocenters. The summed E-state index contributed by atoms with van der Waals surface area (Å²) in [5, 5.41) is 2.90. The molecule has 1 saturated heterocycles. The molecule has 1 atom stereocenters. The molecule has 4 heterocycles. The van der Waals surface area contributed by atoms with E-state index in [1.54, 1.807) is 7.05 Å². The summed E-state index contributed by atoms with van der Waals surface area (Å²) in [6.45, 7) is 6.73. The molecular weight excluding hydrogens is 378 g/mol. The van der Waals surface area contributed by atoms with Crippen LogP contribution in [0.15, 0.2) is 4.79 Å². The summed E-state index contributed by atoms with van der Waals surface area (Å²) in [5.41, 5.74) is -0.323. The Hall–Kier alpha value is -3.11. The summed E-state index contributed by atoms with van der Waals surface area (Å²) in [6, 6.07) is -0.0883. The van der Waals surface area contributed by atoms with Gasteiger partial charge >= 0.3 is 6.09 Å². The van der Waals surface area contributed by atoms with Crippen molar-refractivity contribution in [2.24, 2.45) is 0 Å². The minimum Gasteiger partial charge on any atom is -0.444 e. The number of ether oxygens (including phenoxy) is 1. The van der Waals surface area contributed by atoms with Crippen LogP contribution in [0, 0.1) is 0 Å². The SMILES string of the molecule is CN1C(=O)Cn2c1nc1nc(N3CCC[C@@H](NC(=O)OC(C)(C)C)C3)[nH]c1c2=O. The molecule has 2 aromatic heterocycles. The van der Waals surface area contributed by atoms with E-state index in [4.69, 9.17) is 4.74 Å². The lowest BCUT2D eigenvalue weighted by molar-refractivity contribution is -0.117. The monoisotopic (exact) mass is 403 g/mol. The van der Waals surface area contributed by atoms with E-state index in [9.17, 15) is 14.4 Å². The molecule has 2 N–H and O–H groups in total. The van der Waals surface area contributed by atoms with Crippen molar-refractivity contribution in [3.63, 3.8) is 0 Å². The van der Waals surface area contributed by atoms with Gasteiger partial charge in [0.1, 0.15) is 12.1 Å². The van der Waals surface area contributed by atoms with Gasteiger partial charge in [0.2, 0.25) is 17.8 Å². The molecule has 11 nitrogen and oxygen atoms in total. The largest absolute Gasteiger partial charge is 0.444 e. The standard InChI is InChI=1S/C18H25N7O4/c1-18(2,3)29-17(28)19-10-6-5-7-24(8-10)15-20-12-13(21-15)22-16-23(4)11(26)9-25(16)14(12)27/h10H,5-9H2,1-4H3,(H,19,28)(H,20,21)/t10-/m1/s1. The summed E-state index contributed by atoms with van der Waals surface area (Å²) < 4.78 is 6.67. The molecule has 29 heavy (non-hydrogen) atoms. The summed E-state index contributed by atoms with van der Waals surface area (Å²) in [6.07, 6.45) is 1.24. The number of likely N-dealkylation sites (N-methyl/N-ethyl adjacent to an activating group) is 1. The Morgan fingerprint density at radius 3 is 2.76 bits per heavy atom. The topological polar surface area (TPSA) is 125 Å². The number of alkyl carbamates (subject to hydrolysis) is 1. The molecule has 4 rings (SSSR count). The fourth-order valence-electron chi connectivity index (χ4n) is 3.63. The van der Waals surface area contributed by atoms with Gasteiger partial charge in [0, 0.05) is 26.2 Å². The smallest absolute Gasteiger partial charge is 0.407 e. The second kappa shape index (κ2) is 6.75. The third-order valence-electron chi connectivity index (χ3n) is 4.99. The lowest BCUT2D eigenvalue weighted by Gasteiger charge is -2.33. The number of nitrogens with zero attached hydrogens (tertiary/aromatic N) is 5. The van der Waals surface area contributed by atoms with E-state index < -0.39 is 11.7 Å². The number of nitrogens with one attached hydrogen (secondary N) is 2. The average Bonchev–Trinajstić information content (AvgIpc) is 3.17. The number of H-pyrrole nitrogens is 1. The van der Waals surface area contributed by atoms with E-state index >= 15 is 0 Å². The van der Waals surface area contributed by atoms with Crippen molar-refractivity contribution < 1.29 is 14.3 Å². The predicted molar refractivity (Wildman–Crippen MR) is 106 cm³/mol. The van der Waals surface area contributed by atoms with Crippen molar-refractivity contribution in [3.05, 3.63) is 10.4 Å². The molecule has 2 aliphatic heterocycles. The van der Waals surface area contributed by atoms with E-state index in [1.807, 2.05) is 25.7 Å². The minimum absolute atomic E-state index is 0.0203. The van der Waals surface area contributed by atoms with Gasteiger partial charge < -0.3 is 19.9 Å². The number of aromatic amines is 1. The molecule has 0 spiro atoms. The number of fused-ring (bicyclic) bond motifs is 2. The Kier molecular flexibility index (Phi) is 4.47. The number of hydrogen-bond acceptors (Lipinski definition) is 7. The van der Waals surface area contributed by atoms with Crippen molar-refractivity contribution >= 4 is 35.1 Å². The molecule has 0 saturated carbocycles. The highest BCUT2D eigenvalue weighted by Crippen LogP contribution is 2.22. The maximum absolute atomic E-state index is 12.7. The van der Waals surface area contributed by atoms with E-state index in [1.165, 1.54) is 9.47 Å². The zero-order valence-electron chi connectivity index (χ0n) is 17.0. The van der Waals surface area contributed by atoms with Crippen LogP contribution in [0.3, 0.4) is 0 Å². The molecular formula is C18H25N7O4. The van der Waals surface area contributed by atoms with Gasteiger partial charge in [-0.2, -0.15) is 9.97 Å². The van der Waals surface area contributed by atoms with Crippen LogP contribution in [0.5, 0.6) is 0 Å². The Bertz CT molecular complexity index is 1040. The Balaban J connectivity index is 1.54. The molecule has 1 fully saturated rings. The molecule has 11 heteroatoms. The number of amides is 2. The van der Waals surface area contributed by atoms with Gasteiger partial charge in [0.15, 0.2) is 11.2 Å². The molecule has 0 bridgehead atoms. The molecule has 156 valence electrons. The highest BCUT2D eigenvalue weighted by molar-refractivity contribution is 5.95. The lowest BCUT2D eigenvalue weighted by atomic mass is 10.1. The number of carbonyl (C=O) groups is 2. The number of carbonyl (C=O) groups excluding carboxylic acids is 2. The predicted octanol–water partition coefficient (Wildman–Crippen LogP) is 0.590. The van der Waals surface area contributed by atoms with Gasteiger partial charge in [-0.1, -0.05) is 0 Å². The fraction of sp³-hybridized carbons (Fsp3) is 0.611. The van der Waals surface area contributed by atoms with Gasteiger partial charge in [-0.05, 0) is 33.6 Å². The summed E-state index contributed by atoms with van der Waals surface area (Å²) in [7, 11) is 1.59. The number of rotatable bonds is 2. The molecule has 2 aromatic rings. The number of anilines is 2. The first-order valence-electron chi connectivity index (χ1n) is 9.64. The van der Waals surface area contributed by atoms with Gasteiger partial charge in [-0.15, -0.1) is 0 Å². The zero-order chi connectivity index (χ0) is 20.9. The summed E-state index contributed by atoms with van der Waals surface area (Å²) in [4.78, 5) is 51.9. The number of aromatic nitrogens is 4. The second-order valence-corrected chi connectivity index (χ2v) is 8.45. The van der Waals surface area contributed by atoms with E-state index in [0.29, 0.717) is 18.4 Å². The first kappa shape index (κ1) is 19.2. The Morgan fingerprint density at radius 1 is 1.28 bits per heavy atom. The molecule has 0 radical (unpaired) electrons. The maximum atomic E-state index is 12.7. The number of hydrogen-bond donors (Lipinski definition) is 2.